The Bertz CT molecular complexity index is 705. The maximum absolute atomic E-state index is 12.5. The van der Waals surface area contributed by atoms with E-state index in [2.05, 4.69) is 20.5 Å². The molecule has 1 saturated heterocycles. The summed E-state index contributed by atoms with van der Waals surface area (Å²) in [5, 5.41) is 10.2. The van der Waals surface area contributed by atoms with Crippen molar-refractivity contribution in [2.45, 2.75) is 37.8 Å². The van der Waals surface area contributed by atoms with E-state index in [1.54, 1.807) is 6.20 Å². The quantitative estimate of drug-likeness (QED) is 0.882. The molecule has 0 unspecified atom stereocenters. The fourth-order valence-electron chi connectivity index (χ4n) is 3.39. The number of fused-ring (bicyclic) bond motifs is 1. The van der Waals surface area contributed by atoms with E-state index in [0.29, 0.717) is 12.3 Å². The number of hydrogen-bond donors (Lipinski definition) is 2. The summed E-state index contributed by atoms with van der Waals surface area (Å²) in [6.45, 7) is 0.626. The van der Waals surface area contributed by atoms with Crippen LogP contribution in [0.25, 0.3) is 0 Å². The first-order chi connectivity index (χ1) is 10.7. The van der Waals surface area contributed by atoms with Crippen LogP contribution in [0.3, 0.4) is 0 Å². The molecule has 7 nitrogen and oxygen atoms in total. The molecule has 0 spiro atoms. The van der Waals surface area contributed by atoms with Crippen LogP contribution in [0, 0.1) is 0 Å². The van der Waals surface area contributed by atoms with Crippen molar-refractivity contribution >= 4 is 5.91 Å². The zero-order valence-corrected chi connectivity index (χ0v) is 12.5. The number of amides is 1. The Morgan fingerprint density at radius 2 is 2.41 bits per heavy atom. The molecule has 4 rings (SSSR count). The molecule has 2 aliphatic rings. The van der Waals surface area contributed by atoms with Gasteiger partial charge in [-0.3, -0.25) is 9.89 Å². The summed E-state index contributed by atoms with van der Waals surface area (Å²) in [7, 11) is 1.93. The van der Waals surface area contributed by atoms with Gasteiger partial charge in [0.05, 0.1) is 6.04 Å². The van der Waals surface area contributed by atoms with E-state index < -0.39 is 0 Å². The highest BCUT2D eigenvalue weighted by Gasteiger charge is 2.35. The normalized spacial score (nSPS) is 23.7. The highest BCUT2D eigenvalue weighted by Crippen LogP contribution is 2.29. The summed E-state index contributed by atoms with van der Waals surface area (Å²) in [5.41, 5.74) is 2.72. The van der Waals surface area contributed by atoms with E-state index in [-0.39, 0.29) is 18.1 Å². The van der Waals surface area contributed by atoms with Gasteiger partial charge in [0.25, 0.3) is 5.91 Å². The van der Waals surface area contributed by atoms with Crippen molar-refractivity contribution in [3.05, 3.63) is 35.2 Å². The molecule has 3 heterocycles. The molecule has 0 aromatic carbocycles. The van der Waals surface area contributed by atoms with Gasteiger partial charge in [-0.2, -0.15) is 5.10 Å². The van der Waals surface area contributed by atoms with Crippen molar-refractivity contribution in [1.29, 1.82) is 0 Å². The number of ether oxygens (including phenoxy) is 1. The molecule has 0 radical (unpaired) electrons. The van der Waals surface area contributed by atoms with Crippen molar-refractivity contribution in [3.63, 3.8) is 0 Å². The van der Waals surface area contributed by atoms with Gasteiger partial charge in [-0.05, 0) is 25.7 Å². The average Bonchev–Trinajstić information content (AvgIpc) is 3.21. The van der Waals surface area contributed by atoms with Gasteiger partial charge in [0.2, 0.25) is 0 Å². The molecular weight excluding hydrogens is 282 g/mol. The first-order valence-corrected chi connectivity index (χ1v) is 7.70. The lowest BCUT2D eigenvalue weighted by Crippen LogP contribution is -2.38. The highest BCUT2D eigenvalue weighted by atomic mass is 16.5. The molecule has 1 aliphatic heterocycles. The maximum Gasteiger partial charge on any atom is 0.272 e. The predicted octanol–water partition coefficient (Wildman–Crippen LogP) is 0.892. The van der Waals surface area contributed by atoms with Crippen LogP contribution in [0.1, 0.15) is 46.5 Å². The topological polar surface area (TPSA) is 84.8 Å². The number of aromatic amines is 1. The SMILES string of the molecule is Cn1ccnc1[C@H]1OCC[C@@H]1NC(=O)c1n[nH]c2c1CCC2. The van der Waals surface area contributed by atoms with Gasteiger partial charge < -0.3 is 14.6 Å². The van der Waals surface area contributed by atoms with E-state index >= 15 is 0 Å². The Balaban J connectivity index is 1.52. The number of carbonyl (C=O) groups is 1. The molecule has 0 bridgehead atoms. The van der Waals surface area contributed by atoms with Crippen LogP contribution in [0.2, 0.25) is 0 Å². The van der Waals surface area contributed by atoms with Crippen LogP contribution < -0.4 is 5.32 Å². The number of hydrogen-bond acceptors (Lipinski definition) is 4. The number of nitrogens with one attached hydrogen (secondary N) is 2. The molecule has 1 amide bonds. The fourth-order valence-corrected chi connectivity index (χ4v) is 3.39. The Kier molecular flexibility index (Phi) is 3.22. The maximum atomic E-state index is 12.5. The molecule has 2 N–H and O–H groups in total. The minimum Gasteiger partial charge on any atom is -0.368 e. The van der Waals surface area contributed by atoms with Crippen LogP contribution in [0.15, 0.2) is 12.4 Å². The second kappa shape index (κ2) is 5.24. The summed E-state index contributed by atoms with van der Waals surface area (Å²) in [6, 6.07) is -0.0673. The predicted molar refractivity (Wildman–Crippen MR) is 78.4 cm³/mol. The van der Waals surface area contributed by atoms with Gasteiger partial charge in [0.15, 0.2) is 5.69 Å². The standard InChI is InChI=1S/C15H19N5O2/c1-20-7-6-16-14(20)13-11(5-8-22-13)17-15(21)12-9-3-2-4-10(9)18-19-12/h6-7,11,13H,2-5,8H2,1H3,(H,17,21)(H,18,19)/t11-,13-/m0/s1. The van der Waals surface area contributed by atoms with Crippen molar-refractivity contribution in [1.82, 2.24) is 25.1 Å². The van der Waals surface area contributed by atoms with Gasteiger partial charge in [0, 0.05) is 37.3 Å². The number of aryl methyl sites for hydroxylation is 2. The Hall–Kier alpha value is -2.15. The Labute approximate surface area is 128 Å². The lowest BCUT2D eigenvalue weighted by molar-refractivity contribution is 0.0775. The zero-order chi connectivity index (χ0) is 15.1. The van der Waals surface area contributed by atoms with Crippen molar-refractivity contribution in [2.24, 2.45) is 7.05 Å². The Morgan fingerprint density at radius 1 is 1.50 bits per heavy atom. The number of rotatable bonds is 3. The fraction of sp³-hybridized carbons (Fsp3) is 0.533. The minimum atomic E-state index is -0.198. The van der Waals surface area contributed by atoms with Crippen LogP contribution in [-0.4, -0.2) is 38.3 Å². The molecule has 2 aromatic heterocycles. The van der Waals surface area contributed by atoms with E-state index in [4.69, 9.17) is 4.74 Å². The van der Waals surface area contributed by atoms with E-state index in [0.717, 1.165) is 42.8 Å². The molecule has 0 saturated carbocycles. The average molecular weight is 301 g/mol. The van der Waals surface area contributed by atoms with E-state index in [9.17, 15) is 4.79 Å². The Morgan fingerprint density at radius 3 is 3.23 bits per heavy atom. The van der Waals surface area contributed by atoms with Crippen LogP contribution >= 0.6 is 0 Å². The van der Waals surface area contributed by atoms with E-state index in [1.807, 2.05) is 17.8 Å². The van der Waals surface area contributed by atoms with Gasteiger partial charge >= 0.3 is 0 Å². The third-order valence-electron chi connectivity index (χ3n) is 4.54. The van der Waals surface area contributed by atoms with Crippen molar-refractivity contribution < 1.29 is 9.53 Å². The third kappa shape index (κ3) is 2.12. The largest absolute Gasteiger partial charge is 0.368 e. The molecule has 22 heavy (non-hydrogen) atoms. The first kappa shape index (κ1) is 13.5. The molecular formula is C15H19N5O2. The number of aromatic nitrogens is 4. The summed E-state index contributed by atoms with van der Waals surface area (Å²) in [5.74, 6) is 0.726. The molecule has 1 fully saturated rings. The summed E-state index contributed by atoms with van der Waals surface area (Å²) in [6.07, 6.45) is 7.22. The smallest absolute Gasteiger partial charge is 0.272 e. The van der Waals surface area contributed by atoms with Crippen LogP contribution in [0.5, 0.6) is 0 Å². The number of H-pyrrole nitrogens is 1. The van der Waals surface area contributed by atoms with Gasteiger partial charge in [-0.1, -0.05) is 0 Å². The van der Waals surface area contributed by atoms with Gasteiger partial charge in [-0.25, -0.2) is 4.98 Å². The second-order valence-electron chi connectivity index (χ2n) is 5.94. The molecule has 2 aromatic rings. The number of imidazole rings is 1. The molecule has 116 valence electrons. The van der Waals surface area contributed by atoms with Crippen LogP contribution in [0.4, 0.5) is 0 Å². The summed E-state index contributed by atoms with van der Waals surface area (Å²) in [4.78, 5) is 16.9. The monoisotopic (exact) mass is 301 g/mol. The lowest BCUT2D eigenvalue weighted by atomic mass is 10.1. The van der Waals surface area contributed by atoms with Crippen molar-refractivity contribution in [2.75, 3.05) is 6.61 Å². The third-order valence-corrected chi connectivity index (χ3v) is 4.54. The van der Waals surface area contributed by atoms with Gasteiger partial charge in [-0.15, -0.1) is 0 Å². The van der Waals surface area contributed by atoms with E-state index in [1.165, 1.54) is 0 Å². The number of nitrogens with zero attached hydrogens (tertiary/aromatic N) is 3. The summed E-state index contributed by atoms with van der Waals surface area (Å²) < 4.78 is 7.71. The molecule has 7 heteroatoms. The number of carbonyl (C=O) groups excluding carboxylic acids is 1. The first-order valence-electron chi connectivity index (χ1n) is 7.70. The summed E-state index contributed by atoms with van der Waals surface area (Å²) >= 11 is 0. The minimum absolute atomic E-state index is 0.0673. The molecule has 1 aliphatic carbocycles. The molecule has 2 atom stereocenters. The highest BCUT2D eigenvalue weighted by molar-refractivity contribution is 5.94. The van der Waals surface area contributed by atoms with Crippen molar-refractivity contribution in [3.8, 4) is 0 Å². The lowest BCUT2D eigenvalue weighted by Gasteiger charge is -2.19. The second-order valence-corrected chi connectivity index (χ2v) is 5.94. The zero-order valence-electron chi connectivity index (χ0n) is 12.5. The van der Waals surface area contributed by atoms with Crippen LogP contribution in [-0.2, 0) is 24.6 Å². The van der Waals surface area contributed by atoms with Gasteiger partial charge in [0.1, 0.15) is 11.9 Å².